The fourth-order valence-corrected chi connectivity index (χ4v) is 3.54. The molecular weight excluding hydrogens is 347 g/mol. The van der Waals surface area contributed by atoms with Gasteiger partial charge >= 0.3 is 6.18 Å². The molecule has 7 heteroatoms. The largest absolute Gasteiger partial charge is 0.416 e. The van der Waals surface area contributed by atoms with E-state index in [4.69, 9.17) is 12.2 Å². The Hall–Kier alpha value is -1.34. The zero-order valence-electron chi connectivity index (χ0n) is 15.0. The van der Waals surface area contributed by atoms with Crippen LogP contribution in [0.2, 0.25) is 0 Å². The van der Waals surface area contributed by atoms with Crippen LogP contribution in [0.15, 0.2) is 24.3 Å². The van der Waals surface area contributed by atoms with Crippen LogP contribution in [0.3, 0.4) is 0 Å². The molecule has 1 fully saturated rings. The molecule has 0 aromatic heterocycles. The summed E-state index contributed by atoms with van der Waals surface area (Å²) in [5.74, 6) is 0. The predicted molar refractivity (Wildman–Crippen MR) is 98.9 cm³/mol. The summed E-state index contributed by atoms with van der Waals surface area (Å²) in [4.78, 5) is 3.61. The fourth-order valence-electron chi connectivity index (χ4n) is 3.24. The highest BCUT2D eigenvalue weighted by Gasteiger charge is 2.31. The van der Waals surface area contributed by atoms with Crippen molar-refractivity contribution in [2.75, 3.05) is 25.5 Å². The first-order valence-electron chi connectivity index (χ1n) is 8.79. The smallest absolute Gasteiger partial charge is 0.349 e. The highest BCUT2D eigenvalue weighted by atomic mass is 32.1. The van der Waals surface area contributed by atoms with Crippen LogP contribution in [0.5, 0.6) is 0 Å². The number of alkyl halides is 3. The number of rotatable bonds is 4. The summed E-state index contributed by atoms with van der Waals surface area (Å²) >= 11 is 5.40. The van der Waals surface area contributed by atoms with Gasteiger partial charge in [0.25, 0.3) is 0 Å². The van der Waals surface area contributed by atoms with Crippen molar-refractivity contribution in [3.63, 3.8) is 0 Å². The molecule has 0 saturated carbocycles. The summed E-state index contributed by atoms with van der Waals surface area (Å²) in [6.07, 6.45) is -1.11. The summed E-state index contributed by atoms with van der Waals surface area (Å²) in [5, 5.41) is 3.45. The average Bonchev–Trinajstić information content (AvgIpc) is 2.60. The maximum Gasteiger partial charge on any atom is 0.416 e. The van der Waals surface area contributed by atoms with Gasteiger partial charge in [0.2, 0.25) is 0 Å². The van der Waals surface area contributed by atoms with Gasteiger partial charge in [-0.2, -0.15) is 13.2 Å². The number of halogens is 3. The summed E-state index contributed by atoms with van der Waals surface area (Å²) in [7, 11) is 2.24. The second kappa shape index (κ2) is 8.36. The zero-order valence-corrected chi connectivity index (χ0v) is 15.8. The minimum atomic E-state index is -4.35. The van der Waals surface area contributed by atoms with Crippen LogP contribution in [0.4, 0.5) is 18.9 Å². The number of anilines is 1. The Labute approximate surface area is 153 Å². The average molecular weight is 374 g/mol. The molecule has 0 bridgehead atoms. The summed E-state index contributed by atoms with van der Waals surface area (Å²) in [6.45, 7) is 6.14. The van der Waals surface area contributed by atoms with Gasteiger partial charge < -0.3 is 15.1 Å². The maximum absolute atomic E-state index is 12.8. The molecule has 2 N–H and O–H groups in total. The van der Waals surface area contributed by atoms with Crippen molar-refractivity contribution in [3.05, 3.63) is 29.8 Å². The lowest BCUT2D eigenvalue weighted by Gasteiger charge is -2.37. The number of hydrogen-bond donors (Lipinski definition) is 2. The van der Waals surface area contributed by atoms with Crippen LogP contribution in [0.25, 0.3) is 0 Å². The topological polar surface area (TPSA) is 19.7 Å². The molecule has 1 aromatic carbocycles. The second-order valence-electron chi connectivity index (χ2n) is 6.82. The van der Waals surface area contributed by atoms with Crippen LogP contribution in [0, 0.1) is 0 Å². The molecule has 1 saturated heterocycles. The Morgan fingerprint density at radius 3 is 2.56 bits per heavy atom. The summed E-state index contributed by atoms with van der Waals surface area (Å²) in [5.41, 5.74) is -0.290. The van der Waals surface area contributed by atoms with Crippen molar-refractivity contribution in [1.82, 2.24) is 4.90 Å². The third kappa shape index (κ3) is 5.31. The normalized spacial score (nSPS) is 18.7. The highest BCUT2D eigenvalue weighted by molar-refractivity contribution is 7.80. The molecule has 2 atom stereocenters. The van der Waals surface area contributed by atoms with Gasteiger partial charge in [0, 0.05) is 31.6 Å². The minimum Gasteiger partial charge on any atom is -0.349 e. The van der Waals surface area contributed by atoms with Crippen molar-refractivity contribution in [2.24, 2.45) is 0 Å². The van der Waals surface area contributed by atoms with E-state index >= 15 is 0 Å². The maximum atomic E-state index is 12.8. The van der Waals surface area contributed by atoms with Crippen LogP contribution in [-0.2, 0) is 6.18 Å². The molecule has 1 aliphatic heterocycles. The fraction of sp³-hybridized carbons (Fsp3) is 0.611. The van der Waals surface area contributed by atoms with Gasteiger partial charge in [-0.25, -0.2) is 0 Å². The van der Waals surface area contributed by atoms with E-state index in [9.17, 15) is 13.2 Å². The van der Waals surface area contributed by atoms with E-state index in [2.05, 4.69) is 31.1 Å². The lowest BCUT2D eigenvalue weighted by atomic mass is 10.0. The Morgan fingerprint density at radius 2 is 2.00 bits per heavy atom. The van der Waals surface area contributed by atoms with Gasteiger partial charge in [-0.15, -0.1) is 0 Å². The number of nitrogens with one attached hydrogen (secondary N) is 2. The van der Waals surface area contributed by atoms with Crippen molar-refractivity contribution in [3.8, 4) is 0 Å². The van der Waals surface area contributed by atoms with Crippen LogP contribution < -0.4 is 10.2 Å². The lowest BCUT2D eigenvalue weighted by molar-refractivity contribution is -0.930. The molecule has 1 aliphatic rings. The van der Waals surface area contributed by atoms with Gasteiger partial charge in [-0.1, -0.05) is 13.0 Å². The lowest BCUT2D eigenvalue weighted by Crippen LogP contribution is -3.16. The Balaban J connectivity index is 1.91. The molecule has 1 aromatic rings. The third-order valence-electron chi connectivity index (χ3n) is 5.26. The number of likely N-dealkylation sites (tertiary alicyclic amines) is 1. The van der Waals surface area contributed by atoms with Gasteiger partial charge in [-0.05, 0) is 43.8 Å². The first-order valence-corrected chi connectivity index (χ1v) is 9.19. The van der Waals surface area contributed by atoms with E-state index in [1.54, 1.807) is 11.0 Å². The van der Waals surface area contributed by atoms with Gasteiger partial charge in [0.15, 0.2) is 5.11 Å². The van der Waals surface area contributed by atoms with Crippen molar-refractivity contribution in [2.45, 2.75) is 51.4 Å². The summed E-state index contributed by atoms with van der Waals surface area (Å²) in [6, 6.07) is 6.40. The quantitative estimate of drug-likeness (QED) is 0.790. The number of quaternary nitrogens is 1. The Bertz CT molecular complexity index is 583. The van der Waals surface area contributed by atoms with E-state index in [1.165, 1.54) is 6.07 Å². The Kier molecular flexibility index (Phi) is 6.68. The van der Waals surface area contributed by atoms with Gasteiger partial charge in [0.05, 0.1) is 24.7 Å². The van der Waals surface area contributed by atoms with Crippen LogP contribution in [0.1, 0.15) is 38.7 Å². The van der Waals surface area contributed by atoms with E-state index in [0.717, 1.165) is 44.5 Å². The number of piperidine rings is 1. The molecule has 2 rings (SSSR count). The minimum absolute atomic E-state index is 0.379. The first-order chi connectivity index (χ1) is 11.7. The van der Waals surface area contributed by atoms with E-state index in [-0.39, 0.29) is 0 Å². The van der Waals surface area contributed by atoms with E-state index < -0.39 is 11.7 Å². The molecule has 0 aliphatic carbocycles. The Morgan fingerprint density at radius 1 is 1.36 bits per heavy atom. The van der Waals surface area contributed by atoms with Crippen molar-refractivity contribution >= 4 is 23.0 Å². The second-order valence-corrected chi connectivity index (χ2v) is 7.21. The van der Waals surface area contributed by atoms with Crippen molar-refractivity contribution < 1.29 is 18.1 Å². The van der Waals surface area contributed by atoms with Crippen LogP contribution >= 0.6 is 12.2 Å². The number of benzene rings is 1. The number of hydrogen-bond acceptors (Lipinski definition) is 1. The van der Waals surface area contributed by atoms with Gasteiger partial charge in [0.1, 0.15) is 0 Å². The molecule has 2 unspecified atom stereocenters. The molecular formula is C18H27F3N3S+. The molecule has 0 amide bonds. The third-order valence-corrected chi connectivity index (χ3v) is 5.62. The zero-order chi connectivity index (χ0) is 18.6. The molecule has 1 heterocycles. The SMILES string of the molecule is CCC(C)[NH+](C)C1CCN(C(=S)Nc2cccc(C(F)(F)F)c2)CC1. The first kappa shape index (κ1) is 20.0. The van der Waals surface area contributed by atoms with Gasteiger partial charge in [-0.3, -0.25) is 0 Å². The molecule has 140 valence electrons. The van der Waals surface area contributed by atoms with E-state index in [0.29, 0.717) is 22.9 Å². The highest BCUT2D eigenvalue weighted by Crippen LogP contribution is 2.30. The molecule has 0 radical (unpaired) electrons. The standard InChI is InChI=1S/C18H26F3N3S/c1-4-13(2)23(3)16-8-10-24(11-9-16)17(25)22-15-7-5-6-14(12-15)18(19,20)21/h5-7,12-13,16H,4,8-11H2,1-3H3,(H,22,25)/p+1. The number of thiocarbonyl (C=S) groups is 1. The summed E-state index contributed by atoms with van der Waals surface area (Å²) < 4.78 is 38.4. The molecule has 25 heavy (non-hydrogen) atoms. The van der Waals surface area contributed by atoms with Crippen LogP contribution in [-0.4, -0.2) is 42.2 Å². The number of nitrogens with zero attached hydrogens (tertiary/aromatic N) is 1. The monoisotopic (exact) mass is 374 g/mol. The van der Waals surface area contributed by atoms with Crippen molar-refractivity contribution in [1.29, 1.82) is 0 Å². The molecule has 0 spiro atoms. The molecule has 3 nitrogen and oxygen atoms in total. The predicted octanol–water partition coefficient (Wildman–Crippen LogP) is 3.18. The van der Waals surface area contributed by atoms with E-state index in [1.807, 2.05) is 0 Å².